The van der Waals surface area contributed by atoms with Crippen molar-refractivity contribution in [2.24, 2.45) is 0 Å². The van der Waals surface area contributed by atoms with Crippen LogP contribution in [0.4, 0.5) is 0 Å². The number of aromatic hydroxyl groups is 1. The molecule has 0 radical (unpaired) electrons. The third-order valence-electron chi connectivity index (χ3n) is 1.82. The molecule has 1 aromatic rings. The van der Waals surface area contributed by atoms with Gasteiger partial charge in [0.2, 0.25) is 0 Å². The molecule has 0 aliphatic carbocycles. The molecule has 78 valence electrons. The van der Waals surface area contributed by atoms with Gasteiger partial charge in [0, 0.05) is 5.56 Å². The maximum Gasteiger partial charge on any atom is 0.169 e. The average molecular weight is 206 g/mol. The summed E-state index contributed by atoms with van der Waals surface area (Å²) in [7, 11) is 1.39. The number of aliphatic hydroxyl groups excluding tert-OH is 1. The molecule has 15 heavy (non-hydrogen) atoms. The number of hydrogen-bond donors (Lipinski definition) is 2. The second kappa shape index (κ2) is 5.03. The molecule has 0 aliphatic rings. The number of phenolic OH excluding ortho intramolecular Hbond substituents is 1. The summed E-state index contributed by atoms with van der Waals surface area (Å²) in [6.07, 6.45) is 0.499. The second-order valence-corrected chi connectivity index (χ2v) is 2.66. The van der Waals surface area contributed by atoms with Gasteiger partial charge in [-0.1, -0.05) is 11.8 Å². The first-order valence-electron chi connectivity index (χ1n) is 4.19. The summed E-state index contributed by atoms with van der Waals surface area (Å²) >= 11 is 0. The zero-order valence-electron chi connectivity index (χ0n) is 8.15. The number of hydrogen-bond acceptors (Lipinski definition) is 4. The fourth-order valence-corrected chi connectivity index (χ4v) is 1.12. The fourth-order valence-electron chi connectivity index (χ4n) is 1.12. The third-order valence-corrected chi connectivity index (χ3v) is 1.82. The molecule has 0 aromatic heterocycles. The molecule has 0 heterocycles. The Balaban J connectivity index is 3.30. The Morgan fingerprint density at radius 2 is 2.27 bits per heavy atom. The molecule has 0 saturated carbocycles. The van der Waals surface area contributed by atoms with E-state index < -0.39 is 0 Å². The molecule has 1 rings (SSSR count). The lowest BCUT2D eigenvalue weighted by Gasteiger charge is -2.06. The quantitative estimate of drug-likeness (QED) is 0.548. The van der Waals surface area contributed by atoms with Gasteiger partial charge < -0.3 is 14.9 Å². The van der Waals surface area contributed by atoms with Crippen molar-refractivity contribution < 1.29 is 19.7 Å². The summed E-state index contributed by atoms with van der Waals surface area (Å²) < 4.78 is 4.84. The first kappa shape index (κ1) is 11.1. The Morgan fingerprint density at radius 3 is 2.80 bits per heavy atom. The van der Waals surface area contributed by atoms with Crippen LogP contribution in [0.25, 0.3) is 0 Å². The van der Waals surface area contributed by atoms with Crippen LogP contribution in [0.3, 0.4) is 0 Å². The van der Waals surface area contributed by atoms with Crippen LogP contribution in [0.1, 0.15) is 15.9 Å². The van der Waals surface area contributed by atoms with Crippen molar-refractivity contribution >= 4 is 6.29 Å². The van der Waals surface area contributed by atoms with Gasteiger partial charge in [0.05, 0.1) is 12.7 Å². The SMILES string of the molecule is COc1ccc(C#CCO)c(C=O)c1O. The summed E-state index contributed by atoms with van der Waals surface area (Å²) in [5.74, 6) is 4.93. The van der Waals surface area contributed by atoms with Crippen molar-refractivity contribution in [3.8, 4) is 23.3 Å². The molecular weight excluding hydrogens is 196 g/mol. The largest absolute Gasteiger partial charge is 0.504 e. The van der Waals surface area contributed by atoms with E-state index in [9.17, 15) is 9.90 Å². The minimum Gasteiger partial charge on any atom is -0.504 e. The zero-order valence-corrected chi connectivity index (χ0v) is 8.15. The number of rotatable bonds is 2. The molecule has 0 bridgehead atoms. The van der Waals surface area contributed by atoms with E-state index in [4.69, 9.17) is 9.84 Å². The first-order valence-corrected chi connectivity index (χ1v) is 4.19. The molecule has 0 atom stereocenters. The molecule has 2 N–H and O–H groups in total. The van der Waals surface area contributed by atoms with E-state index in [1.54, 1.807) is 6.07 Å². The van der Waals surface area contributed by atoms with Crippen LogP contribution in [0, 0.1) is 11.8 Å². The van der Waals surface area contributed by atoms with E-state index in [-0.39, 0.29) is 23.7 Å². The van der Waals surface area contributed by atoms with Crippen LogP contribution in [-0.2, 0) is 0 Å². The second-order valence-electron chi connectivity index (χ2n) is 2.66. The van der Waals surface area contributed by atoms with E-state index in [1.807, 2.05) is 0 Å². The maximum absolute atomic E-state index is 10.7. The highest BCUT2D eigenvalue weighted by molar-refractivity contribution is 5.85. The van der Waals surface area contributed by atoms with E-state index in [0.717, 1.165) is 0 Å². The highest BCUT2D eigenvalue weighted by Gasteiger charge is 2.10. The topological polar surface area (TPSA) is 66.8 Å². The maximum atomic E-state index is 10.7. The molecule has 1 aromatic carbocycles. The lowest BCUT2D eigenvalue weighted by atomic mass is 10.1. The number of aldehydes is 1. The Hall–Kier alpha value is -1.99. The molecule has 0 saturated heterocycles. The number of carbonyl (C=O) groups is 1. The lowest BCUT2D eigenvalue weighted by Crippen LogP contribution is -1.92. The van der Waals surface area contributed by atoms with Gasteiger partial charge in [-0.3, -0.25) is 4.79 Å². The van der Waals surface area contributed by atoms with E-state index in [0.29, 0.717) is 11.8 Å². The van der Waals surface area contributed by atoms with Gasteiger partial charge in [0.15, 0.2) is 17.8 Å². The highest BCUT2D eigenvalue weighted by Crippen LogP contribution is 2.30. The normalized spacial score (nSPS) is 8.93. The summed E-state index contributed by atoms with van der Waals surface area (Å²) in [6, 6.07) is 3.05. The zero-order chi connectivity index (χ0) is 11.3. The number of ether oxygens (including phenoxy) is 1. The standard InChI is InChI=1S/C11H10O4/c1-15-10-5-4-8(3-2-6-12)9(7-13)11(10)14/h4-5,7,12,14H,6H2,1H3. The van der Waals surface area contributed by atoms with Gasteiger partial charge in [-0.2, -0.15) is 0 Å². The van der Waals surface area contributed by atoms with Gasteiger partial charge in [0.1, 0.15) is 6.61 Å². The molecule has 4 heteroatoms. The summed E-state index contributed by atoms with van der Waals surface area (Å²) in [5, 5.41) is 18.1. The summed E-state index contributed by atoms with van der Waals surface area (Å²) in [5.41, 5.74) is 0.424. The number of aliphatic hydroxyl groups is 1. The Labute approximate surface area is 87.1 Å². The smallest absolute Gasteiger partial charge is 0.169 e. The molecule has 0 amide bonds. The molecular formula is C11H10O4. The Morgan fingerprint density at radius 1 is 1.53 bits per heavy atom. The van der Waals surface area contributed by atoms with Gasteiger partial charge in [-0.25, -0.2) is 0 Å². The van der Waals surface area contributed by atoms with Crippen LogP contribution in [0.2, 0.25) is 0 Å². The van der Waals surface area contributed by atoms with Crippen LogP contribution in [0.15, 0.2) is 12.1 Å². The third kappa shape index (κ3) is 2.27. The predicted octanol–water partition coefficient (Wildman–Crippen LogP) is 0.557. The summed E-state index contributed by atoms with van der Waals surface area (Å²) in [4.78, 5) is 10.7. The Bertz CT molecular complexity index is 426. The van der Waals surface area contributed by atoms with Gasteiger partial charge in [-0.05, 0) is 12.1 Å². The van der Waals surface area contributed by atoms with Gasteiger partial charge >= 0.3 is 0 Å². The number of benzene rings is 1. The van der Waals surface area contributed by atoms with Crippen molar-refractivity contribution in [2.45, 2.75) is 0 Å². The van der Waals surface area contributed by atoms with Crippen LogP contribution in [0.5, 0.6) is 11.5 Å². The van der Waals surface area contributed by atoms with E-state index >= 15 is 0 Å². The van der Waals surface area contributed by atoms with Crippen LogP contribution in [-0.4, -0.2) is 30.2 Å². The molecule has 4 nitrogen and oxygen atoms in total. The number of carbonyl (C=O) groups excluding carboxylic acids is 1. The minimum atomic E-state index is -0.301. The summed E-state index contributed by atoms with van der Waals surface area (Å²) in [6.45, 7) is -0.301. The van der Waals surface area contributed by atoms with Crippen molar-refractivity contribution in [1.82, 2.24) is 0 Å². The Kier molecular flexibility index (Phi) is 3.72. The van der Waals surface area contributed by atoms with Crippen molar-refractivity contribution in [3.05, 3.63) is 23.3 Å². The molecule has 0 fully saturated rings. The molecule has 0 unspecified atom stereocenters. The van der Waals surface area contributed by atoms with E-state index in [2.05, 4.69) is 11.8 Å². The number of methoxy groups -OCH3 is 1. The van der Waals surface area contributed by atoms with E-state index in [1.165, 1.54) is 13.2 Å². The average Bonchev–Trinajstić information content (AvgIpc) is 2.26. The van der Waals surface area contributed by atoms with Crippen molar-refractivity contribution in [3.63, 3.8) is 0 Å². The first-order chi connectivity index (χ1) is 7.24. The van der Waals surface area contributed by atoms with Crippen LogP contribution < -0.4 is 4.74 Å². The highest BCUT2D eigenvalue weighted by atomic mass is 16.5. The molecule has 0 spiro atoms. The van der Waals surface area contributed by atoms with Crippen molar-refractivity contribution in [2.75, 3.05) is 13.7 Å². The van der Waals surface area contributed by atoms with Gasteiger partial charge in [0.25, 0.3) is 0 Å². The monoisotopic (exact) mass is 206 g/mol. The van der Waals surface area contributed by atoms with Gasteiger partial charge in [-0.15, -0.1) is 0 Å². The number of phenols is 1. The van der Waals surface area contributed by atoms with Crippen molar-refractivity contribution in [1.29, 1.82) is 0 Å². The molecule has 0 aliphatic heterocycles. The fraction of sp³-hybridized carbons (Fsp3) is 0.182. The predicted molar refractivity (Wildman–Crippen MR) is 54.0 cm³/mol. The minimum absolute atomic E-state index is 0.0651. The lowest BCUT2D eigenvalue weighted by molar-refractivity contribution is 0.112. The van der Waals surface area contributed by atoms with Crippen LogP contribution >= 0.6 is 0 Å².